The molecule has 0 aliphatic carbocycles. The second-order valence-corrected chi connectivity index (χ2v) is 6.13. The van der Waals surface area contributed by atoms with Crippen LogP contribution >= 0.6 is 0 Å². The number of nitrogens with zero attached hydrogens (tertiary/aromatic N) is 5. The molecule has 4 heterocycles. The first-order valence-electron chi connectivity index (χ1n) is 8.39. The van der Waals surface area contributed by atoms with Gasteiger partial charge in [0.15, 0.2) is 11.6 Å². The molecule has 3 aromatic rings. The first-order chi connectivity index (χ1) is 13.1. The van der Waals surface area contributed by atoms with E-state index < -0.39 is 11.9 Å². The number of nitrogens with two attached hydrogens (primary N) is 1. The molecule has 11 nitrogen and oxygen atoms in total. The van der Waals surface area contributed by atoms with Crippen LogP contribution in [0.2, 0.25) is 0 Å². The van der Waals surface area contributed by atoms with E-state index in [1.807, 2.05) is 17.0 Å². The SMILES string of the molecule is COC(=O)[C@@H]1CCCN1c1nc(Nc2cc(C(N)=O)[nH]n2)c2cccn2n1. The smallest absolute Gasteiger partial charge is 0.328 e. The molecule has 1 atom stereocenters. The Bertz CT molecular complexity index is 1010. The van der Waals surface area contributed by atoms with Gasteiger partial charge < -0.3 is 20.7 Å². The summed E-state index contributed by atoms with van der Waals surface area (Å²) in [5.74, 6) is 0.367. The summed E-state index contributed by atoms with van der Waals surface area (Å²) < 4.78 is 6.56. The van der Waals surface area contributed by atoms with E-state index in [1.165, 1.54) is 13.2 Å². The highest BCUT2D eigenvalue weighted by Crippen LogP contribution is 2.27. The quantitative estimate of drug-likeness (QED) is 0.549. The van der Waals surface area contributed by atoms with Crippen molar-refractivity contribution < 1.29 is 14.3 Å². The van der Waals surface area contributed by atoms with Crippen molar-refractivity contribution in [3.8, 4) is 0 Å². The van der Waals surface area contributed by atoms with Crippen molar-refractivity contribution in [3.05, 3.63) is 30.1 Å². The van der Waals surface area contributed by atoms with Crippen LogP contribution in [-0.4, -0.2) is 56.4 Å². The number of hydrogen-bond acceptors (Lipinski definition) is 8. The van der Waals surface area contributed by atoms with Crippen LogP contribution in [0.4, 0.5) is 17.6 Å². The molecule has 1 amide bonds. The first kappa shape index (κ1) is 16.8. The molecule has 0 radical (unpaired) electrons. The first-order valence-corrected chi connectivity index (χ1v) is 8.39. The molecular formula is C16H18N8O3. The number of aromatic nitrogens is 5. The monoisotopic (exact) mass is 370 g/mol. The van der Waals surface area contributed by atoms with Crippen LogP contribution in [0.1, 0.15) is 23.3 Å². The van der Waals surface area contributed by atoms with E-state index in [9.17, 15) is 9.59 Å². The fourth-order valence-electron chi connectivity index (χ4n) is 3.16. The number of methoxy groups -OCH3 is 1. The Balaban J connectivity index is 1.71. The number of rotatable bonds is 5. The standard InChI is InChI=1S/C16H18N8O3/c1-27-15(26)11-5-2-6-23(11)16-19-14(10-4-3-7-24(10)22-16)18-12-8-9(13(17)25)20-21-12/h3-4,7-8,11H,2,5-6H2,1H3,(H2,17,25)(H2,18,19,20,21,22)/t11-/m0/s1. The maximum absolute atomic E-state index is 12.1. The molecule has 0 saturated carbocycles. The van der Waals surface area contributed by atoms with E-state index >= 15 is 0 Å². The maximum Gasteiger partial charge on any atom is 0.328 e. The lowest BCUT2D eigenvalue weighted by atomic mass is 10.2. The number of carbonyl (C=O) groups is 2. The van der Waals surface area contributed by atoms with E-state index in [0.717, 1.165) is 11.9 Å². The van der Waals surface area contributed by atoms with Crippen LogP contribution in [0.5, 0.6) is 0 Å². The molecule has 0 bridgehead atoms. The van der Waals surface area contributed by atoms with Gasteiger partial charge in [-0.25, -0.2) is 9.31 Å². The van der Waals surface area contributed by atoms with Crippen molar-refractivity contribution in [3.63, 3.8) is 0 Å². The minimum Gasteiger partial charge on any atom is -0.467 e. The molecule has 1 saturated heterocycles. The zero-order valence-corrected chi connectivity index (χ0v) is 14.5. The Morgan fingerprint density at radius 3 is 3.04 bits per heavy atom. The van der Waals surface area contributed by atoms with Gasteiger partial charge in [-0.05, 0) is 25.0 Å². The van der Waals surface area contributed by atoms with Crippen LogP contribution < -0.4 is 16.0 Å². The van der Waals surface area contributed by atoms with Gasteiger partial charge in [-0.3, -0.25) is 9.89 Å². The molecule has 0 unspecified atom stereocenters. The fourth-order valence-corrected chi connectivity index (χ4v) is 3.16. The van der Waals surface area contributed by atoms with Gasteiger partial charge in [-0.15, -0.1) is 5.10 Å². The third-order valence-corrected chi connectivity index (χ3v) is 4.45. The van der Waals surface area contributed by atoms with E-state index in [4.69, 9.17) is 10.5 Å². The van der Waals surface area contributed by atoms with Crippen LogP contribution in [0.25, 0.3) is 5.52 Å². The van der Waals surface area contributed by atoms with Gasteiger partial charge in [-0.2, -0.15) is 10.1 Å². The minimum absolute atomic E-state index is 0.184. The summed E-state index contributed by atoms with van der Waals surface area (Å²) in [6.45, 7) is 0.653. The predicted molar refractivity (Wildman–Crippen MR) is 95.8 cm³/mol. The van der Waals surface area contributed by atoms with Crippen molar-refractivity contribution in [1.29, 1.82) is 0 Å². The Kier molecular flexibility index (Phi) is 4.11. The van der Waals surface area contributed by atoms with Gasteiger partial charge in [-0.1, -0.05) is 0 Å². The highest BCUT2D eigenvalue weighted by atomic mass is 16.5. The molecule has 3 aromatic heterocycles. The molecular weight excluding hydrogens is 352 g/mol. The average Bonchev–Trinajstić information content (AvgIpc) is 3.40. The molecule has 11 heteroatoms. The second-order valence-electron chi connectivity index (χ2n) is 6.13. The summed E-state index contributed by atoms with van der Waals surface area (Å²) in [5, 5.41) is 14.1. The zero-order chi connectivity index (χ0) is 19.0. The number of esters is 1. The van der Waals surface area contributed by atoms with E-state index in [0.29, 0.717) is 30.5 Å². The van der Waals surface area contributed by atoms with E-state index in [-0.39, 0.29) is 11.7 Å². The largest absolute Gasteiger partial charge is 0.467 e. The van der Waals surface area contributed by atoms with Gasteiger partial charge in [0.1, 0.15) is 17.3 Å². The molecule has 4 N–H and O–H groups in total. The molecule has 4 rings (SSSR count). The lowest BCUT2D eigenvalue weighted by molar-refractivity contribution is -0.141. The maximum atomic E-state index is 12.1. The summed E-state index contributed by atoms with van der Waals surface area (Å²) in [6.07, 6.45) is 3.31. The van der Waals surface area contributed by atoms with Crippen molar-refractivity contribution >= 4 is 35.0 Å². The fraction of sp³-hybridized carbons (Fsp3) is 0.312. The van der Waals surface area contributed by atoms with Gasteiger partial charge in [0.25, 0.3) is 5.91 Å². The Morgan fingerprint density at radius 2 is 2.30 bits per heavy atom. The number of amides is 1. The summed E-state index contributed by atoms with van der Waals surface area (Å²) >= 11 is 0. The summed E-state index contributed by atoms with van der Waals surface area (Å²) in [5.41, 5.74) is 6.14. The number of ether oxygens (including phenoxy) is 1. The summed E-state index contributed by atoms with van der Waals surface area (Å²) in [7, 11) is 1.37. The van der Waals surface area contributed by atoms with E-state index in [2.05, 4.69) is 25.6 Å². The molecule has 27 heavy (non-hydrogen) atoms. The van der Waals surface area contributed by atoms with Crippen molar-refractivity contribution in [2.45, 2.75) is 18.9 Å². The number of H-pyrrole nitrogens is 1. The van der Waals surface area contributed by atoms with Crippen molar-refractivity contribution in [2.24, 2.45) is 5.73 Å². The lowest BCUT2D eigenvalue weighted by Gasteiger charge is -2.23. The molecule has 140 valence electrons. The summed E-state index contributed by atoms with van der Waals surface area (Å²) in [4.78, 5) is 29.7. The number of hydrogen-bond donors (Lipinski definition) is 3. The summed E-state index contributed by atoms with van der Waals surface area (Å²) in [6, 6.07) is 4.76. The van der Waals surface area contributed by atoms with Gasteiger partial charge in [0.2, 0.25) is 5.95 Å². The Labute approximate surface area is 153 Å². The highest BCUT2D eigenvalue weighted by Gasteiger charge is 2.34. The third-order valence-electron chi connectivity index (χ3n) is 4.45. The lowest BCUT2D eigenvalue weighted by Crippen LogP contribution is -2.38. The van der Waals surface area contributed by atoms with Gasteiger partial charge in [0.05, 0.1) is 7.11 Å². The van der Waals surface area contributed by atoms with Crippen molar-refractivity contribution in [2.75, 3.05) is 23.9 Å². The topological polar surface area (TPSA) is 144 Å². The number of nitrogens with one attached hydrogen (secondary N) is 2. The molecule has 0 spiro atoms. The Morgan fingerprint density at radius 1 is 1.44 bits per heavy atom. The number of aromatic amines is 1. The number of fused-ring (bicyclic) bond motifs is 1. The molecule has 0 aromatic carbocycles. The van der Waals surface area contributed by atoms with Crippen molar-refractivity contribution in [1.82, 2.24) is 24.8 Å². The number of anilines is 3. The third kappa shape index (κ3) is 3.03. The minimum atomic E-state index is -0.607. The van der Waals surface area contributed by atoms with Crippen LogP contribution in [0.15, 0.2) is 24.4 Å². The van der Waals surface area contributed by atoms with Crippen LogP contribution in [0.3, 0.4) is 0 Å². The highest BCUT2D eigenvalue weighted by molar-refractivity contribution is 5.91. The van der Waals surface area contributed by atoms with Crippen LogP contribution in [0, 0.1) is 0 Å². The van der Waals surface area contributed by atoms with Gasteiger partial charge in [0, 0.05) is 18.8 Å². The number of carbonyl (C=O) groups excluding carboxylic acids is 2. The molecule has 1 aliphatic heterocycles. The van der Waals surface area contributed by atoms with Gasteiger partial charge >= 0.3 is 5.97 Å². The predicted octanol–water partition coefficient (Wildman–Crippen LogP) is 0.437. The zero-order valence-electron chi connectivity index (χ0n) is 14.5. The van der Waals surface area contributed by atoms with Crippen LogP contribution in [-0.2, 0) is 9.53 Å². The average molecular weight is 370 g/mol. The second kappa shape index (κ2) is 6.59. The number of primary amides is 1. The Hall–Kier alpha value is -3.63. The molecule has 1 aliphatic rings. The van der Waals surface area contributed by atoms with E-state index in [1.54, 1.807) is 10.7 Å². The molecule has 1 fully saturated rings. The normalized spacial score (nSPS) is 16.6.